The number of nitrogens with zero attached hydrogens (tertiary/aromatic N) is 2. The molecule has 3 heteroatoms. The maximum Gasteiger partial charge on any atom is 0.244 e. The summed E-state index contributed by atoms with van der Waals surface area (Å²) in [5, 5.41) is 9.13. The van der Waals surface area contributed by atoms with Crippen LogP contribution in [0.5, 0.6) is 0 Å². The molecule has 1 aromatic rings. The van der Waals surface area contributed by atoms with Crippen LogP contribution in [0.1, 0.15) is 30.5 Å². The van der Waals surface area contributed by atoms with Crippen molar-refractivity contribution in [2.24, 2.45) is 11.8 Å². The number of amides is 1. The van der Waals surface area contributed by atoms with E-state index in [1.165, 1.54) is 5.56 Å². The Labute approximate surface area is 115 Å². The molecule has 1 aromatic carbocycles. The van der Waals surface area contributed by atoms with Crippen LogP contribution < -0.4 is 4.90 Å². The van der Waals surface area contributed by atoms with Gasteiger partial charge in [0.15, 0.2) is 0 Å². The van der Waals surface area contributed by atoms with E-state index in [0.717, 1.165) is 16.8 Å². The number of nitriles is 1. The quantitative estimate of drug-likeness (QED) is 0.834. The van der Waals surface area contributed by atoms with Gasteiger partial charge in [-0.3, -0.25) is 4.79 Å². The number of rotatable bonds is 3. The Hall–Kier alpha value is -1.82. The molecule has 0 heterocycles. The van der Waals surface area contributed by atoms with Gasteiger partial charge in [0.2, 0.25) is 5.91 Å². The SMILES string of the molecule is Cc1cc(C)c(N(C)C(=O)C(C#N)C(C)C)cc1C. The average Bonchev–Trinajstić information content (AvgIpc) is 2.33. The Balaban J connectivity index is 3.14. The Bertz CT molecular complexity index is 526. The first-order chi connectivity index (χ1) is 8.79. The van der Waals surface area contributed by atoms with Gasteiger partial charge in [0.1, 0.15) is 5.92 Å². The number of hydrogen-bond acceptors (Lipinski definition) is 2. The zero-order valence-corrected chi connectivity index (χ0v) is 12.6. The van der Waals surface area contributed by atoms with Crippen molar-refractivity contribution in [3.05, 3.63) is 28.8 Å². The highest BCUT2D eigenvalue weighted by atomic mass is 16.2. The number of aryl methyl sites for hydroxylation is 3. The van der Waals surface area contributed by atoms with Gasteiger partial charge in [-0.05, 0) is 49.4 Å². The number of anilines is 1. The van der Waals surface area contributed by atoms with Crippen LogP contribution in [-0.2, 0) is 4.79 Å². The van der Waals surface area contributed by atoms with Gasteiger partial charge in [-0.1, -0.05) is 19.9 Å². The summed E-state index contributed by atoms with van der Waals surface area (Å²) in [5.41, 5.74) is 4.30. The van der Waals surface area contributed by atoms with E-state index < -0.39 is 5.92 Å². The normalized spacial score (nSPS) is 12.1. The Morgan fingerprint density at radius 3 is 2.16 bits per heavy atom. The molecule has 0 N–H and O–H groups in total. The van der Waals surface area contributed by atoms with Gasteiger partial charge < -0.3 is 4.90 Å². The first-order valence-corrected chi connectivity index (χ1v) is 6.54. The minimum Gasteiger partial charge on any atom is -0.314 e. The fourth-order valence-electron chi connectivity index (χ4n) is 2.12. The Kier molecular flexibility index (Phi) is 4.72. The molecule has 0 spiro atoms. The summed E-state index contributed by atoms with van der Waals surface area (Å²) in [4.78, 5) is 14.0. The van der Waals surface area contributed by atoms with Crippen LogP contribution in [0, 0.1) is 43.9 Å². The Morgan fingerprint density at radius 1 is 1.16 bits per heavy atom. The van der Waals surface area contributed by atoms with Crippen molar-refractivity contribution in [3.8, 4) is 6.07 Å². The smallest absolute Gasteiger partial charge is 0.244 e. The molecule has 0 aliphatic heterocycles. The van der Waals surface area contributed by atoms with E-state index in [-0.39, 0.29) is 11.8 Å². The second-order valence-electron chi connectivity index (χ2n) is 5.47. The van der Waals surface area contributed by atoms with Crippen molar-refractivity contribution in [1.29, 1.82) is 5.26 Å². The van der Waals surface area contributed by atoms with E-state index >= 15 is 0 Å². The van der Waals surface area contributed by atoms with E-state index in [1.807, 2.05) is 33.8 Å². The van der Waals surface area contributed by atoms with Crippen LogP contribution in [0.25, 0.3) is 0 Å². The molecule has 0 aromatic heterocycles. The van der Waals surface area contributed by atoms with Gasteiger partial charge in [0, 0.05) is 12.7 Å². The van der Waals surface area contributed by atoms with Gasteiger partial charge in [0.25, 0.3) is 0 Å². The number of carbonyl (C=O) groups is 1. The second kappa shape index (κ2) is 5.88. The third-order valence-electron chi connectivity index (χ3n) is 3.58. The fourth-order valence-corrected chi connectivity index (χ4v) is 2.12. The third-order valence-corrected chi connectivity index (χ3v) is 3.58. The van der Waals surface area contributed by atoms with Gasteiger partial charge in [-0.25, -0.2) is 0 Å². The van der Waals surface area contributed by atoms with Gasteiger partial charge in [0.05, 0.1) is 6.07 Å². The second-order valence-corrected chi connectivity index (χ2v) is 5.47. The highest BCUT2D eigenvalue weighted by molar-refractivity contribution is 5.96. The first kappa shape index (κ1) is 15.2. The van der Waals surface area contributed by atoms with Crippen LogP contribution in [0.3, 0.4) is 0 Å². The van der Waals surface area contributed by atoms with Gasteiger partial charge >= 0.3 is 0 Å². The van der Waals surface area contributed by atoms with Crippen LogP contribution in [0.2, 0.25) is 0 Å². The number of carbonyl (C=O) groups excluding carboxylic acids is 1. The van der Waals surface area contributed by atoms with Crippen LogP contribution in [-0.4, -0.2) is 13.0 Å². The predicted octanol–water partition coefficient (Wildman–Crippen LogP) is 3.37. The van der Waals surface area contributed by atoms with E-state index in [4.69, 9.17) is 5.26 Å². The average molecular weight is 258 g/mol. The zero-order chi connectivity index (χ0) is 14.7. The van der Waals surface area contributed by atoms with Gasteiger partial charge in [-0.15, -0.1) is 0 Å². The van der Waals surface area contributed by atoms with E-state index in [9.17, 15) is 4.79 Å². The lowest BCUT2D eigenvalue weighted by molar-refractivity contribution is -0.121. The largest absolute Gasteiger partial charge is 0.314 e. The van der Waals surface area contributed by atoms with E-state index in [1.54, 1.807) is 11.9 Å². The van der Waals surface area contributed by atoms with Crippen LogP contribution in [0.4, 0.5) is 5.69 Å². The molecule has 0 saturated heterocycles. The van der Waals surface area contributed by atoms with Crippen LogP contribution >= 0.6 is 0 Å². The molecule has 1 amide bonds. The van der Waals surface area contributed by atoms with Crippen molar-refractivity contribution in [2.45, 2.75) is 34.6 Å². The molecule has 0 saturated carbocycles. The topological polar surface area (TPSA) is 44.1 Å². The molecule has 102 valence electrons. The summed E-state index contributed by atoms with van der Waals surface area (Å²) in [5.74, 6) is -0.707. The number of hydrogen-bond donors (Lipinski definition) is 0. The highest BCUT2D eigenvalue weighted by Gasteiger charge is 2.26. The highest BCUT2D eigenvalue weighted by Crippen LogP contribution is 2.25. The molecule has 0 aliphatic carbocycles. The molecule has 1 rings (SSSR count). The molecule has 1 atom stereocenters. The summed E-state index contributed by atoms with van der Waals surface area (Å²) in [6.45, 7) is 9.86. The predicted molar refractivity (Wildman–Crippen MR) is 78.0 cm³/mol. The van der Waals surface area contributed by atoms with Crippen molar-refractivity contribution in [3.63, 3.8) is 0 Å². The minimum atomic E-state index is -0.592. The first-order valence-electron chi connectivity index (χ1n) is 6.54. The number of benzene rings is 1. The van der Waals surface area contributed by atoms with E-state index in [2.05, 4.69) is 19.1 Å². The van der Waals surface area contributed by atoms with Gasteiger partial charge in [-0.2, -0.15) is 5.26 Å². The summed E-state index contributed by atoms with van der Waals surface area (Å²) < 4.78 is 0. The maximum absolute atomic E-state index is 12.4. The fraction of sp³-hybridized carbons (Fsp3) is 0.500. The summed E-state index contributed by atoms with van der Waals surface area (Å²) >= 11 is 0. The van der Waals surface area contributed by atoms with Crippen LogP contribution in [0.15, 0.2) is 12.1 Å². The minimum absolute atomic E-state index is 0.0202. The lowest BCUT2D eigenvalue weighted by Gasteiger charge is -2.24. The lowest BCUT2D eigenvalue weighted by atomic mass is 9.95. The van der Waals surface area contributed by atoms with Crippen molar-refractivity contribution >= 4 is 11.6 Å². The van der Waals surface area contributed by atoms with Crippen molar-refractivity contribution in [2.75, 3.05) is 11.9 Å². The van der Waals surface area contributed by atoms with Crippen molar-refractivity contribution in [1.82, 2.24) is 0 Å². The Morgan fingerprint density at radius 2 is 1.68 bits per heavy atom. The summed E-state index contributed by atoms with van der Waals surface area (Å²) in [6, 6.07) is 6.19. The van der Waals surface area contributed by atoms with E-state index in [0.29, 0.717) is 0 Å². The molecule has 19 heavy (non-hydrogen) atoms. The molecular weight excluding hydrogens is 236 g/mol. The molecule has 0 fully saturated rings. The summed E-state index contributed by atoms with van der Waals surface area (Å²) in [6.07, 6.45) is 0. The lowest BCUT2D eigenvalue weighted by Crippen LogP contribution is -2.35. The molecule has 3 nitrogen and oxygen atoms in total. The maximum atomic E-state index is 12.4. The molecule has 0 radical (unpaired) electrons. The zero-order valence-electron chi connectivity index (χ0n) is 12.6. The molecule has 0 aliphatic rings. The molecule has 1 unspecified atom stereocenters. The van der Waals surface area contributed by atoms with Crippen molar-refractivity contribution < 1.29 is 4.79 Å². The molecule has 0 bridgehead atoms. The molecular formula is C16H22N2O. The third kappa shape index (κ3) is 3.14. The monoisotopic (exact) mass is 258 g/mol. The summed E-state index contributed by atoms with van der Waals surface area (Å²) in [7, 11) is 1.74. The standard InChI is InChI=1S/C16H22N2O/c1-10(2)14(9-17)16(19)18(6)15-8-12(4)11(3)7-13(15)5/h7-8,10,14H,1-6H3.